The molecule has 1 amide bonds. The third kappa shape index (κ3) is 4.25. The smallest absolute Gasteiger partial charge is 0.257 e. The van der Waals surface area contributed by atoms with Gasteiger partial charge < -0.3 is 14.8 Å². The number of rotatable bonds is 5. The Balaban J connectivity index is 1.70. The number of fused-ring (bicyclic) bond motifs is 1. The summed E-state index contributed by atoms with van der Waals surface area (Å²) in [5, 5.41) is 3.02. The van der Waals surface area contributed by atoms with Crippen LogP contribution in [0.1, 0.15) is 41.5 Å². The molecule has 1 aliphatic heterocycles. The average molecular weight is 421 g/mol. The first-order chi connectivity index (χ1) is 15.1. The predicted molar refractivity (Wildman–Crippen MR) is 113 cm³/mol. The second-order valence-electron chi connectivity index (χ2n) is 7.16. The molecule has 0 radical (unpaired) electrons. The van der Waals surface area contributed by atoms with Gasteiger partial charge in [-0.2, -0.15) is 4.98 Å². The molecule has 0 aromatic carbocycles. The van der Waals surface area contributed by atoms with E-state index >= 15 is 0 Å². The fourth-order valence-corrected chi connectivity index (χ4v) is 3.67. The first-order valence-corrected chi connectivity index (χ1v) is 10.0. The van der Waals surface area contributed by atoms with Crippen molar-refractivity contribution < 1.29 is 14.3 Å². The molecule has 1 N–H and O–H groups in total. The van der Waals surface area contributed by atoms with Gasteiger partial charge in [-0.15, -0.1) is 0 Å². The number of nitrogens with one attached hydrogen (secondary N) is 1. The third-order valence-electron chi connectivity index (χ3n) is 5.24. The number of ether oxygens (including phenoxy) is 2. The molecule has 9 heteroatoms. The lowest BCUT2D eigenvalue weighted by Gasteiger charge is -2.20. The van der Waals surface area contributed by atoms with E-state index in [0.717, 1.165) is 18.4 Å². The lowest BCUT2D eigenvalue weighted by Crippen LogP contribution is -2.34. The molecule has 0 saturated heterocycles. The maximum atomic E-state index is 13.1. The molecule has 1 unspecified atom stereocenters. The molecular formula is C22H23N5O4. The Morgan fingerprint density at radius 2 is 1.90 bits per heavy atom. The molecule has 31 heavy (non-hydrogen) atoms. The number of carbonyl (C=O) groups is 1. The highest BCUT2D eigenvalue weighted by atomic mass is 16.5. The zero-order valence-electron chi connectivity index (χ0n) is 17.4. The zero-order chi connectivity index (χ0) is 21.8. The van der Waals surface area contributed by atoms with E-state index in [-0.39, 0.29) is 22.9 Å². The lowest BCUT2D eigenvalue weighted by molar-refractivity contribution is 0.0928. The van der Waals surface area contributed by atoms with Gasteiger partial charge in [-0.1, -0.05) is 0 Å². The molecule has 1 aliphatic rings. The minimum absolute atomic E-state index is 0.137. The molecule has 4 heterocycles. The minimum Gasteiger partial charge on any atom is -0.481 e. The van der Waals surface area contributed by atoms with Gasteiger partial charge in [0, 0.05) is 36.6 Å². The fraction of sp³-hybridized carbons (Fsp3) is 0.318. The largest absolute Gasteiger partial charge is 0.481 e. The molecule has 160 valence electrons. The third-order valence-corrected chi connectivity index (χ3v) is 5.24. The standard InChI is InChI=1S/C22H23N5O4/c1-30-18-7-6-15(22(26-18)31-2)21(29)25-16-5-3-4-12-27-19(28)13-17(24-20(16)27)14-8-10-23-11-9-14/h6-11,13,16H,3-5,12H2,1-2H3,(H,25,29). The van der Waals surface area contributed by atoms with Crippen LogP contribution in [0.4, 0.5) is 0 Å². The molecule has 3 aromatic rings. The fourth-order valence-electron chi connectivity index (χ4n) is 3.67. The van der Waals surface area contributed by atoms with Crippen molar-refractivity contribution >= 4 is 5.91 Å². The highest BCUT2D eigenvalue weighted by molar-refractivity contribution is 5.96. The van der Waals surface area contributed by atoms with Gasteiger partial charge in [0.25, 0.3) is 11.5 Å². The molecule has 3 aromatic heterocycles. The van der Waals surface area contributed by atoms with Gasteiger partial charge in [0.05, 0.1) is 26.0 Å². The van der Waals surface area contributed by atoms with Crippen LogP contribution in [0.3, 0.4) is 0 Å². The van der Waals surface area contributed by atoms with E-state index in [1.807, 2.05) is 0 Å². The molecular weight excluding hydrogens is 398 g/mol. The Bertz CT molecular complexity index is 1150. The van der Waals surface area contributed by atoms with Gasteiger partial charge >= 0.3 is 0 Å². The monoisotopic (exact) mass is 421 g/mol. The molecule has 9 nitrogen and oxygen atoms in total. The highest BCUT2D eigenvalue weighted by Crippen LogP contribution is 2.26. The van der Waals surface area contributed by atoms with Crippen LogP contribution in [0.25, 0.3) is 11.3 Å². The van der Waals surface area contributed by atoms with Crippen molar-refractivity contribution in [3.63, 3.8) is 0 Å². The Morgan fingerprint density at radius 1 is 1.10 bits per heavy atom. The molecule has 0 aliphatic carbocycles. The number of aromatic nitrogens is 4. The predicted octanol–water partition coefficient (Wildman–Crippen LogP) is 2.37. The van der Waals surface area contributed by atoms with Crippen molar-refractivity contribution in [3.05, 3.63) is 64.5 Å². The first-order valence-electron chi connectivity index (χ1n) is 10.0. The summed E-state index contributed by atoms with van der Waals surface area (Å²) in [6, 6.07) is 7.91. The number of nitrogens with zero attached hydrogens (tertiary/aromatic N) is 4. The topological polar surface area (TPSA) is 108 Å². The van der Waals surface area contributed by atoms with Gasteiger partial charge in [-0.3, -0.25) is 19.1 Å². The van der Waals surface area contributed by atoms with Crippen LogP contribution in [0, 0.1) is 0 Å². The van der Waals surface area contributed by atoms with Crippen molar-refractivity contribution in [2.75, 3.05) is 14.2 Å². The van der Waals surface area contributed by atoms with E-state index in [9.17, 15) is 9.59 Å². The highest BCUT2D eigenvalue weighted by Gasteiger charge is 2.26. The van der Waals surface area contributed by atoms with E-state index in [4.69, 9.17) is 14.5 Å². The van der Waals surface area contributed by atoms with Crippen LogP contribution in [-0.4, -0.2) is 39.6 Å². The molecule has 1 atom stereocenters. The van der Waals surface area contributed by atoms with E-state index in [1.165, 1.54) is 20.3 Å². The van der Waals surface area contributed by atoms with Gasteiger partial charge in [0.2, 0.25) is 11.8 Å². The van der Waals surface area contributed by atoms with Crippen LogP contribution in [0.5, 0.6) is 11.8 Å². The van der Waals surface area contributed by atoms with Crippen molar-refractivity contribution in [2.24, 2.45) is 0 Å². The van der Waals surface area contributed by atoms with Crippen molar-refractivity contribution in [1.29, 1.82) is 0 Å². The van der Waals surface area contributed by atoms with Gasteiger partial charge in [-0.25, -0.2) is 4.98 Å². The van der Waals surface area contributed by atoms with E-state index < -0.39 is 6.04 Å². The zero-order valence-corrected chi connectivity index (χ0v) is 17.4. The van der Waals surface area contributed by atoms with Gasteiger partial charge in [-0.05, 0) is 37.5 Å². The number of methoxy groups -OCH3 is 2. The summed E-state index contributed by atoms with van der Waals surface area (Å²) in [6.07, 6.45) is 5.67. The summed E-state index contributed by atoms with van der Waals surface area (Å²) in [5.74, 6) is 0.712. The number of hydrogen-bond acceptors (Lipinski definition) is 7. The molecule has 0 fully saturated rings. The SMILES string of the molecule is COc1ccc(C(=O)NC2CCCCn3c2nc(-c2ccncc2)cc3=O)c(OC)n1. The summed E-state index contributed by atoms with van der Waals surface area (Å²) >= 11 is 0. The van der Waals surface area contributed by atoms with E-state index in [2.05, 4.69) is 15.3 Å². The van der Waals surface area contributed by atoms with E-state index in [1.54, 1.807) is 41.2 Å². The quantitative estimate of drug-likeness (QED) is 0.674. The second-order valence-corrected chi connectivity index (χ2v) is 7.16. The summed E-state index contributed by atoms with van der Waals surface area (Å²) in [7, 11) is 2.94. The van der Waals surface area contributed by atoms with Crippen LogP contribution in [0.15, 0.2) is 47.5 Å². The maximum absolute atomic E-state index is 13.1. The molecule has 0 bridgehead atoms. The van der Waals surface area contributed by atoms with Crippen LogP contribution >= 0.6 is 0 Å². The Labute approximate surface area is 179 Å². The lowest BCUT2D eigenvalue weighted by atomic mass is 10.1. The maximum Gasteiger partial charge on any atom is 0.257 e. The minimum atomic E-state index is -0.420. The van der Waals surface area contributed by atoms with E-state index in [0.29, 0.717) is 30.4 Å². The van der Waals surface area contributed by atoms with Gasteiger partial charge in [0.15, 0.2) is 0 Å². The van der Waals surface area contributed by atoms with Crippen molar-refractivity contribution in [1.82, 2.24) is 24.8 Å². The summed E-state index contributed by atoms with van der Waals surface area (Å²) in [4.78, 5) is 38.8. The molecule has 4 rings (SSSR count). The summed E-state index contributed by atoms with van der Waals surface area (Å²) < 4.78 is 12.0. The Morgan fingerprint density at radius 3 is 2.65 bits per heavy atom. The number of amides is 1. The van der Waals surface area contributed by atoms with Crippen molar-refractivity contribution in [3.8, 4) is 23.0 Å². The van der Waals surface area contributed by atoms with Gasteiger partial charge in [0.1, 0.15) is 11.4 Å². The van der Waals surface area contributed by atoms with Crippen LogP contribution in [0.2, 0.25) is 0 Å². The van der Waals surface area contributed by atoms with Crippen LogP contribution in [-0.2, 0) is 6.54 Å². The number of pyridine rings is 2. The number of carbonyl (C=O) groups excluding carboxylic acids is 1. The Hall–Kier alpha value is -3.75. The Kier molecular flexibility index (Phi) is 5.92. The first kappa shape index (κ1) is 20.5. The second kappa shape index (κ2) is 8.95. The molecule has 0 saturated carbocycles. The van der Waals surface area contributed by atoms with Crippen molar-refractivity contribution in [2.45, 2.75) is 31.8 Å². The van der Waals surface area contributed by atoms with Crippen LogP contribution < -0.4 is 20.3 Å². The summed E-state index contributed by atoms with van der Waals surface area (Å²) in [6.45, 7) is 0.567. The number of hydrogen-bond donors (Lipinski definition) is 1. The normalized spacial score (nSPS) is 15.5. The molecule has 0 spiro atoms. The summed E-state index contributed by atoms with van der Waals surface area (Å²) in [5.41, 5.74) is 1.50. The average Bonchev–Trinajstić information content (AvgIpc) is 3.01.